The smallest absolute Gasteiger partial charge is 0.422 e. The summed E-state index contributed by atoms with van der Waals surface area (Å²) in [6, 6.07) is 3.93. The number of benzene rings is 1. The quantitative estimate of drug-likeness (QED) is 0.755. The Labute approximate surface area is 134 Å². The third-order valence-electron chi connectivity index (χ3n) is 3.39. The molecule has 0 amide bonds. The number of carbonyl (C=O) groups is 1. The molecule has 0 unspecified atom stereocenters. The van der Waals surface area contributed by atoms with Crippen LogP contribution in [0.2, 0.25) is 5.02 Å². The van der Waals surface area contributed by atoms with Gasteiger partial charge in [0.25, 0.3) is 0 Å². The minimum atomic E-state index is -4.51. The van der Waals surface area contributed by atoms with Gasteiger partial charge in [-0.25, -0.2) is 0 Å². The molecule has 1 aliphatic carbocycles. The Hall–Kier alpha value is -2.02. The third-order valence-corrected chi connectivity index (χ3v) is 3.62. The van der Waals surface area contributed by atoms with Crippen molar-refractivity contribution in [2.24, 2.45) is 0 Å². The molecule has 0 bridgehead atoms. The van der Waals surface area contributed by atoms with Crippen LogP contribution in [-0.2, 0) is 0 Å². The van der Waals surface area contributed by atoms with Crippen molar-refractivity contribution in [2.75, 3.05) is 6.61 Å². The van der Waals surface area contributed by atoms with Crippen LogP contribution in [0.25, 0.3) is 0 Å². The molecule has 1 saturated carbocycles. The summed E-state index contributed by atoms with van der Waals surface area (Å²) in [5, 5.41) is 3.99. The lowest BCUT2D eigenvalue weighted by Crippen LogP contribution is -2.20. The third kappa shape index (κ3) is 3.67. The van der Waals surface area contributed by atoms with Crippen LogP contribution >= 0.6 is 11.6 Å². The first-order chi connectivity index (χ1) is 10.8. The van der Waals surface area contributed by atoms with Crippen LogP contribution in [0.3, 0.4) is 0 Å². The fourth-order valence-electron chi connectivity index (χ4n) is 2.17. The van der Waals surface area contributed by atoms with E-state index in [1.165, 1.54) is 24.5 Å². The van der Waals surface area contributed by atoms with Crippen molar-refractivity contribution in [3.63, 3.8) is 0 Å². The first-order valence-electron chi connectivity index (χ1n) is 6.83. The van der Waals surface area contributed by atoms with Crippen molar-refractivity contribution in [1.29, 1.82) is 0 Å². The average molecular weight is 346 g/mol. The van der Waals surface area contributed by atoms with Gasteiger partial charge in [0.1, 0.15) is 12.0 Å². The van der Waals surface area contributed by atoms with Crippen LogP contribution in [-0.4, -0.2) is 23.7 Å². The van der Waals surface area contributed by atoms with Crippen molar-refractivity contribution < 1.29 is 27.2 Å². The predicted molar refractivity (Wildman–Crippen MR) is 74.9 cm³/mol. The van der Waals surface area contributed by atoms with Gasteiger partial charge in [-0.3, -0.25) is 4.79 Å². The van der Waals surface area contributed by atoms with Gasteiger partial charge in [0.15, 0.2) is 6.61 Å². The number of carbonyl (C=O) groups excluding carboxylic acids is 1. The maximum absolute atomic E-state index is 12.6. The summed E-state index contributed by atoms with van der Waals surface area (Å²) in [6.07, 6.45) is -1.49. The zero-order chi connectivity index (χ0) is 16.6. The molecular formula is C15H11ClF3NO3. The average Bonchev–Trinajstić information content (AvgIpc) is 3.21. The lowest BCUT2D eigenvalue weighted by atomic mass is 10.0. The molecule has 0 spiro atoms. The standard InChI is InChI=1S/C15H11ClF3NO3/c16-9-3-4-10(12(5-9)22-7-15(17,18)19)14(21)11-6-23-20-13(11)8-1-2-8/h3-6,8H,1-2,7H2. The van der Waals surface area contributed by atoms with E-state index < -0.39 is 18.6 Å². The molecule has 1 aliphatic rings. The summed E-state index contributed by atoms with van der Waals surface area (Å²) in [7, 11) is 0. The molecular weight excluding hydrogens is 335 g/mol. The van der Waals surface area contributed by atoms with Crippen molar-refractivity contribution in [3.8, 4) is 5.75 Å². The summed E-state index contributed by atoms with van der Waals surface area (Å²) in [5.41, 5.74) is 0.766. The molecule has 0 N–H and O–H groups in total. The zero-order valence-corrected chi connectivity index (χ0v) is 12.4. The number of aromatic nitrogens is 1. The molecule has 1 heterocycles. The van der Waals surface area contributed by atoms with E-state index in [1.807, 2.05) is 0 Å². The summed E-state index contributed by atoms with van der Waals surface area (Å²) < 4.78 is 46.7. The maximum Gasteiger partial charge on any atom is 0.422 e. The number of ether oxygens (including phenoxy) is 1. The van der Waals surface area contributed by atoms with E-state index in [9.17, 15) is 18.0 Å². The first-order valence-corrected chi connectivity index (χ1v) is 7.21. The maximum atomic E-state index is 12.6. The Kier molecular flexibility index (Phi) is 4.06. The number of rotatable bonds is 5. The van der Waals surface area contributed by atoms with Gasteiger partial charge in [-0.2, -0.15) is 13.2 Å². The molecule has 1 fully saturated rings. The van der Waals surface area contributed by atoms with Gasteiger partial charge >= 0.3 is 6.18 Å². The van der Waals surface area contributed by atoms with Crippen LogP contribution in [0, 0.1) is 0 Å². The normalized spacial score (nSPS) is 14.8. The van der Waals surface area contributed by atoms with Gasteiger partial charge in [-0.15, -0.1) is 0 Å². The number of nitrogens with zero attached hydrogens (tertiary/aromatic N) is 1. The van der Waals surface area contributed by atoms with Crippen molar-refractivity contribution in [3.05, 3.63) is 46.3 Å². The highest BCUT2D eigenvalue weighted by Crippen LogP contribution is 2.41. The van der Waals surface area contributed by atoms with Crippen LogP contribution in [0.5, 0.6) is 5.75 Å². The number of hydrogen-bond acceptors (Lipinski definition) is 4. The Balaban J connectivity index is 1.91. The predicted octanol–water partition coefficient (Wildman–Crippen LogP) is 4.38. The number of ketones is 1. The number of alkyl halides is 3. The molecule has 2 aromatic rings. The molecule has 23 heavy (non-hydrogen) atoms. The van der Waals surface area contributed by atoms with Crippen LogP contribution in [0.1, 0.15) is 40.4 Å². The van der Waals surface area contributed by atoms with E-state index in [0.29, 0.717) is 5.69 Å². The fourth-order valence-corrected chi connectivity index (χ4v) is 2.34. The fraction of sp³-hybridized carbons (Fsp3) is 0.333. The van der Waals surface area contributed by atoms with Crippen LogP contribution in [0.4, 0.5) is 13.2 Å². The van der Waals surface area contributed by atoms with Gasteiger partial charge < -0.3 is 9.26 Å². The molecule has 1 aromatic carbocycles. The minimum Gasteiger partial charge on any atom is -0.483 e. The topological polar surface area (TPSA) is 52.3 Å². The second-order valence-corrected chi connectivity index (χ2v) is 5.70. The Morgan fingerprint density at radius 3 is 2.74 bits per heavy atom. The summed E-state index contributed by atoms with van der Waals surface area (Å²) >= 11 is 5.78. The Morgan fingerprint density at radius 1 is 1.35 bits per heavy atom. The van der Waals surface area contributed by atoms with Crippen molar-refractivity contribution in [1.82, 2.24) is 5.16 Å². The zero-order valence-electron chi connectivity index (χ0n) is 11.7. The second-order valence-electron chi connectivity index (χ2n) is 5.26. The van der Waals surface area contributed by atoms with E-state index in [2.05, 4.69) is 5.16 Å². The molecule has 4 nitrogen and oxygen atoms in total. The minimum absolute atomic E-state index is 0.0104. The van der Waals surface area contributed by atoms with Crippen LogP contribution in [0.15, 0.2) is 29.0 Å². The monoisotopic (exact) mass is 345 g/mol. The van der Waals surface area contributed by atoms with Crippen molar-refractivity contribution >= 4 is 17.4 Å². The van der Waals surface area contributed by atoms with Gasteiger partial charge in [-0.1, -0.05) is 16.8 Å². The Bertz CT molecular complexity index is 738. The molecule has 0 aliphatic heterocycles. The lowest BCUT2D eigenvalue weighted by Gasteiger charge is -2.12. The summed E-state index contributed by atoms with van der Waals surface area (Å²) in [5.74, 6) is -0.552. The van der Waals surface area contributed by atoms with Gasteiger partial charge in [0.2, 0.25) is 5.78 Å². The van der Waals surface area contributed by atoms with E-state index in [4.69, 9.17) is 20.9 Å². The van der Waals surface area contributed by atoms with E-state index in [1.54, 1.807) is 0 Å². The summed E-state index contributed by atoms with van der Waals surface area (Å²) in [6.45, 7) is -1.51. The second kappa shape index (κ2) is 5.88. The van der Waals surface area contributed by atoms with E-state index in [-0.39, 0.29) is 27.8 Å². The highest BCUT2D eigenvalue weighted by molar-refractivity contribution is 6.31. The highest BCUT2D eigenvalue weighted by Gasteiger charge is 2.33. The van der Waals surface area contributed by atoms with Gasteiger partial charge in [0.05, 0.1) is 16.8 Å². The molecule has 8 heteroatoms. The van der Waals surface area contributed by atoms with Gasteiger partial charge in [-0.05, 0) is 31.0 Å². The first kappa shape index (κ1) is 15.9. The van der Waals surface area contributed by atoms with E-state index >= 15 is 0 Å². The lowest BCUT2D eigenvalue weighted by molar-refractivity contribution is -0.153. The number of halogens is 4. The van der Waals surface area contributed by atoms with Gasteiger partial charge in [0, 0.05) is 10.9 Å². The SMILES string of the molecule is O=C(c1ccc(Cl)cc1OCC(F)(F)F)c1conc1C1CC1. The molecule has 0 saturated heterocycles. The molecule has 0 radical (unpaired) electrons. The largest absolute Gasteiger partial charge is 0.483 e. The van der Waals surface area contributed by atoms with Crippen molar-refractivity contribution in [2.45, 2.75) is 24.9 Å². The summed E-state index contributed by atoms with van der Waals surface area (Å²) in [4.78, 5) is 12.6. The molecule has 122 valence electrons. The molecule has 0 atom stereocenters. The molecule has 3 rings (SSSR count). The highest BCUT2D eigenvalue weighted by atomic mass is 35.5. The van der Waals surface area contributed by atoms with E-state index in [0.717, 1.165) is 12.8 Å². The van der Waals surface area contributed by atoms with Crippen LogP contribution < -0.4 is 4.74 Å². The number of hydrogen-bond donors (Lipinski definition) is 0. The molecule has 1 aromatic heterocycles. The Morgan fingerprint density at radius 2 is 2.09 bits per heavy atom.